The molecule has 6 nitrogen and oxygen atoms in total. The smallest absolute Gasteiger partial charge is 0.154 e. The molecule has 102 valence electrons. The van der Waals surface area contributed by atoms with Gasteiger partial charge in [-0.15, -0.1) is 0 Å². The van der Waals surface area contributed by atoms with Crippen LogP contribution in [0.3, 0.4) is 0 Å². The first-order valence-corrected chi connectivity index (χ1v) is 6.36. The molecule has 0 radical (unpaired) electrons. The third kappa shape index (κ3) is 4.75. The van der Waals surface area contributed by atoms with Crippen molar-refractivity contribution in [1.82, 2.24) is 9.97 Å². The molecule has 0 bridgehead atoms. The van der Waals surface area contributed by atoms with Crippen molar-refractivity contribution in [3.63, 3.8) is 0 Å². The summed E-state index contributed by atoms with van der Waals surface area (Å²) in [6.45, 7) is 4.53. The molecule has 0 saturated carbocycles. The Kier molecular flexibility index (Phi) is 6.86. The molecule has 0 aromatic carbocycles. The van der Waals surface area contributed by atoms with E-state index in [1.807, 2.05) is 0 Å². The normalized spacial score (nSPS) is 10.3. The first-order chi connectivity index (χ1) is 8.79. The molecule has 18 heavy (non-hydrogen) atoms. The number of aromatic nitrogens is 2. The Balaban J connectivity index is 2.49. The maximum atomic E-state index is 6.00. The number of hydrogen-bond acceptors (Lipinski definition) is 6. The first kappa shape index (κ1) is 14.5. The van der Waals surface area contributed by atoms with Crippen LogP contribution in [-0.4, -0.2) is 36.8 Å². The Labute approximate surface area is 108 Å². The predicted molar refractivity (Wildman–Crippen MR) is 74.8 cm³/mol. The van der Waals surface area contributed by atoms with E-state index in [1.54, 1.807) is 7.11 Å². The number of rotatable bonds is 9. The van der Waals surface area contributed by atoms with Crippen molar-refractivity contribution in [3.8, 4) is 0 Å². The molecule has 0 aliphatic heterocycles. The fourth-order valence-electron chi connectivity index (χ4n) is 1.48. The second-order valence-corrected chi connectivity index (χ2v) is 4.04. The van der Waals surface area contributed by atoms with Crippen LogP contribution in [0.1, 0.15) is 26.2 Å². The zero-order chi connectivity index (χ0) is 13.2. The highest BCUT2D eigenvalue weighted by atomic mass is 16.5. The van der Waals surface area contributed by atoms with Crippen LogP contribution in [0.2, 0.25) is 0 Å². The fraction of sp³-hybridized carbons (Fsp3) is 0.667. The van der Waals surface area contributed by atoms with Crippen LogP contribution in [0.5, 0.6) is 0 Å². The number of nitrogen functional groups attached to an aromatic ring is 1. The van der Waals surface area contributed by atoms with Crippen LogP contribution in [0.4, 0.5) is 17.3 Å². The largest absolute Gasteiger partial charge is 0.393 e. The number of unbranched alkanes of at least 4 members (excludes halogenated alkanes) is 1. The van der Waals surface area contributed by atoms with Gasteiger partial charge in [-0.1, -0.05) is 13.3 Å². The van der Waals surface area contributed by atoms with Crippen molar-refractivity contribution in [3.05, 3.63) is 6.33 Å². The molecule has 0 saturated heterocycles. The standard InChI is InChI=1S/C12H23N5O/c1-3-4-6-14-11-10(13)12(17-9-16-11)15-7-5-8-18-2/h9H,3-8,13H2,1-2H3,(H2,14,15,16,17). The third-order valence-corrected chi connectivity index (χ3v) is 2.52. The van der Waals surface area contributed by atoms with E-state index < -0.39 is 0 Å². The van der Waals surface area contributed by atoms with Crippen LogP contribution in [-0.2, 0) is 4.74 Å². The zero-order valence-electron chi connectivity index (χ0n) is 11.2. The molecular formula is C12H23N5O. The van der Waals surface area contributed by atoms with E-state index in [-0.39, 0.29) is 0 Å². The maximum Gasteiger partial charge on any atom is 0.154 e. The first-order valence-electron chi connectivity index (χ1n) is 6.36. The lowest BCUT2D eigenvalue weighted by molar-refractivity contribution is 0.198. The highest BCUT2D eigenvalue weighted by Crippen LogP contribution is 2.22. The highest BCUT2D eigenvalue weighted by Gasteiger charge is 2.06. The lowest BCUT2D eigenvalue weighted by Gasteiger charge is -2.12. The molecule has 1 heterocycles. The van der Waals surface area contributed by atoms with E-state index in [2.05, 4.69) is 27.5 Å². The van der Waals surface area contributed by atoms with Gasteiger partial charge in [0.15, 0.2) is 11.6 Å². The number of nitrogens with zero attached hydrogens (tertiary/aromatic N) is 2. The Morgan fingerprint density at radius 3 is 2.33 bits per heavy atom. The molecule has 4 N–H and O–H groups in total. The number of methoxy groups -OCH3 is 1. The Morgan fingerprint density at radius 1 is 1.17 bits per heavy atom. The lowest BCUT2D eigenvalue weighted by Crippen LogP contribution is -2.12. The molecule has 0 aliphatic carbocycles. The minimum absolute atomic E-state index is 0.575. The molecular weight excluding hydrogens is 230 g/mol. The minimum atomic E-state index is 0.575. The van der Waals surface area contributed by atoms with E-state index in [1.165, 1.54) is 6.33 Å². The van der Waals surface area contributed by atoms with E-state index in [9.17, 15) is 0 Å². The van der Waals surface area contributed by atoms with Gasteiger partial charge in [-0.3, -0.25) is 0 Å². The molecule has 0 aliphatic rings. The van der Waals surface area contributed by atoms with Crippen LogP contribution in [0.25, 0.3) is 0 Å². The lowest BCUT2D eigenvalue weighted by atomic mass is 10.3. The summed E-state index contributed by atoms with van der Waals surface area (Å²) in [6, 6.07) is 0. The van der Waals surface area contributed by atoms with E-state index >= 15 is 0 Å². The average Bonchev–Trinajstić information content (AvgIpc) is 2.38. The van der Waals surface area contributed by atoms with E-state index in [4.69, 9.17) is 10.5 Å². The van der Waals surface area contributed by atoms with Crippen molar-refractivity contribution >= 4 is 17.3 Å². The van der Waals surface area contributed by atoms with Crippen molar-refractivity contribution in [2.24, 2.45) is 0 Å². The molecule has 0 amide bonds. The van der Waals surface area contributed by atoms with E-state index in [0.29, 0.717) is 17.3 Å². The second kappa shape index (κ2) is 8.52. The minimum Gasteiger partial charge on any atom is -0.393 e. The monoisotopic (exact) mass is 253 g/mol. The van der Waals surface area contributed by atoms with Gasteiger partial charge in [0, 0.05) is 26.8 Å². The number of nitrogens with two attached hydrogens (primary N) is 1. The van der Waals surface area contributed by atoms with Crippen LogP contribution < -0.4 is 16.4 Å². The van der Waals surface area contributed by atoms with Crippen molar-refractivity contribution < 1.29 is 4.74 Å². The molecule has 6 heteroatoms. The third-order valence-electron chi connectivity index (χ3n) is 2.52. The number of hydrogen-bond donors (Lipinski definition) is 3. The van der Waals surface area contributed by atoms with Gasteiger partial charge in [-0.2, -0.15) is 0 Å². The summed E-state index contributed by atoms with van der Waals surface area (Å²) >= 11 is 0. The van der Waals surface area contributed by atoms with Crippen molar-refractivity contribution in [2.75, 3.05) is 43.2 Å². The van der Waals surface area contributed by atoms with E-state index in [0.717, 1.165) is 39.0 Å². The van der Waals surface area contributed by atoms with Gasteiger partial charge < -0.3 is 21.1 Å². The van der Waals surface area contributed by atoms with Gasteiger partial charge in [0.1, 0.15) is 12.0 Å². The average molecular weight is 253 g/mol. The summed E-state index contributed by atoms with van der Waals surface area (Å²) < 4.78 is 4.98. The molecule has 0 unspecified atom stereocenters. The number of ether oxygens (including phenoxy) is 1. The molecule has 0 spiro atoms. The van der Waals surface area contributed by atoms with Crippen LogP contribution in [0.15, 0.2) is 6.33 Å². The Hall–Kier alpha value is -1.56. The summed E-state index contributed by atoms with van der Waals surface area (Å²) in [4.78, 5) is 8.28. The summed E-state index contributed by atoms with van der Waals surface area (Å²) in [6.07, 6.45) is 4.67. The van der Waals surface area contributed by atoms with Gasteiger partial charge in [0.05, 0.1) is 0 Å². The molecule has 0 fully saturated rings. The zero-order valence-corrected chi connectivity index (χ0v) is 11.2. The summed E-state index contributed by atoms with van der Waals surface area (Å²) in [7, 11) is 1.69. The molecule has 0 atom stereocenters. The van der Waals surface area contributed by atoms with Crippen molar-refractivity contribution in [1.29, 1.82) is 0 Å². The summed E-state index contributed by atoms with van der Waals surface area (Å²) in [5, 5.41) is 6.40. The quantitative estimate of drug-likeness (QED) is 0.581. The summed E-state index contributed by atoms with van der Waals surface area (Å²) in [5.74, 6) is 1.38. The predicted octanol–water partition coefficient (Wildman–Crippen LogP) is 1.72. The topological polar surface area (TPSA) is 85.1 Å². The highest BCUT2D eigenvalue weighted by molar-refractivity contribution is 5.73. The summed E-state index contributed by atoms with van der Waals surface area (Å²) in [5.41, 5.74) is 6.57. The van der Waals surface area contributed by atoms with Crippen LogP contribution >= 0.6 is 0 Å². The maximum absolute atomic E-state index is 6.00. The molecule has 1 aromatic heterocycles. The van der Waals surface area contributed by atoms with Crippen LogP contribution in [0, 0.1) is 0 Å². The van der Waals surface area contributed by atoms with Gasteiger partial charge in [0.25, 0.3) is 0 Å². The number of nitrogens with one attached hydrogen (secondary N) is 2. The van der Waals surface area contributed by atoms with Gasteiger partial charge in [-0.25, -0.2) is 9.97 Å². The van der Waals surface area contributed by atoms with Crippen molar-refractivity contribution in [2.45, 2.75) is 26.2 Å². The SMILES string of the molecule is CCCCNc1ncnc(NCCCOC)c1N. The fourth-order valence-corrected chi connectivity index (χ4v) is 1.48. The Morgan fingerprint density at radius 2 is 1.78 bits per heavy atom. The van der Waals surface area contributed by atoms with Gasteiger partial charge >= 0.3 is 0 Å². The van der Waals surface area contributed by atoms with Gasteiger partial charge in [0.2, 0.25) is 0 Å². The second-order valence-electron chi connectivity index (χ2n) is 4.04. The number of anilines is 3. The van der Waals surface area contributed by atoms with Gasteiger partial charge in [-0.05, 0) is 12.8 Å². The molecule has 1 aromatic rings. The molecule has 1 rings (SSSR count). The Bertz CT molecular complexity index is 345.